The summed E-state index contributed by atoms with van der Waals surface area (Å²) in [5, 5.41) is 5.51. The van der Waals surface area contributed by atoms with Crippen molar-refractivity contribution in [1.29, 1.82) is 0 Å². The summed E-state index contributed by atoms with van der Waals surface area (Å²) in [4.78, 5) is 46.2. The molecule has 3 aromatic carbocycles. The number of fused-ring (bicyclic) bond motifs is 5. The Hall–Kier alpha value is -5.31. The fraction of sp³-hybridized carbons (Fsp3) is 0.156. The van der Waals surface area contributed by atoms with E-state index in [0.717, 1.165) is 50.4 Å². The van der Waals surface area contributed by atoms with E-state index in [1.54, 1.807) is 29.2 Å². The molecular formula is C32H26N4O5. The largest absolute Gasteiger partial charge is 0.451 e. The van der Waals surface area contributed by atoms with Crippen LogP contribution in [0.4, 0.5) is 11.4 Å². The Morgan fingerprint density at radius 3 is 2.78 bits per heavy atom. The van der Waals surface area contributed by atoms with Gasteiger partial charge in [-0.2, -0.15) is 0 Å². The summed E-state index contributed by atoms with van der Waals surface area (Å²) in [7, 11) is 0. The number of anilines is 2. The summed E-state index contributed by atoms with van der Waals surface area (Å²) in [5.74, 6) is 0.208. The molecule has 0 spiro atoms. The molecule has 0 bridgehead atoms. The van der Waals surface area contributed by atoms with Crippen LogP contribution in [-0.2, 0) is 4.79 Å². The van der Waals surface area contributed by atoms with Gasteiger partial charge in [0.2, 0.25) is 0 Å². The van der Waals surface area contributed by atoms with E-state index in [1.807, 2.05) is 49.5 Å². The van der Waals surface area contributed by atoms with Crippen molar-refractivity contribution in [1.82, 2.24) is 9.97 Å². The highest BCUT2D eigenvalue weighted by atomic mass is 16.5. The average molecular weight is 547 g/mol. The summed E-state index contributed by atoms with van der Waals surface area (Å²) in [6.07, 6.45) is 2.74. The van der Waals surface area contributed by atoms with Gasteiger partial charge in [0.05, 0.1) is 11.2 Å². The third kappa shape index (κ3) is 3.97. The third-order valence-corrected chi connectivity index (χ3v) is 7.91. The van der Waals surface area contributed by atoms with Gasteiger partial charge in [0.25, 0.3) is 18.3 Å². The van der Waals surface area contributed by atoms with Crippen molar-refractivity contribution in [2.24, 2.45) is 0 Å². The van der Waals surface area contributed by atoms with Crippen LogP contribution in [0.5, 0.6) is 5.75 Å². The van der Waals surface area contributed by atoms with Gasteiger partial charge < -0.3 is 29.3 Å². The molecule has 1 atom stereocenters. The van der Waals surface area contributed by atoms with Crippen molar-refractivity contribution in [3.8, 4) is 5.75 Å². The number of aromatic amines is 2. The predicted octanol–water partition coefficient (Wildman–Crippen LogP) is 6.65. The highest BCUT2D eigenvalue weighted by Gasteiger charge is 2.36. The van der Waals surface area contributed by atoms with Crippen molar-refractivity contribution < 1.29 is 23.5 Å². The van der Waals surface area contributed by atoms with Crippen LogP contribution >= 0.6 is 0 Å². The Kier molecular flexibility index (Phi) is 5.67. The molecule has 4 heterocycles. The van der Waals surface area contributed by atoms with E-state index in [9.17, 15) is 14.4 Å². The molecule has 204 valence electrons. The Balaban J connectivity index is 1.20. The van der Waals surface area contributed by atoms with Crippen LogP contribution in [0.15, 0.2) is 71.3 Å². The number of aromatic nitrogens is 2. The number of aryl methyl sites for hydroxylation is 1. The second-order valence-corrected chi connectivity index (χ2v) is 10.4. The van der Waals surface area contributed by atoms with Gasteiger partial charge in [0, 0.05) is 52.1 Å². The first kappa shape index (κ1) is 24.7. The van der Waals surface area contributed by atoms with Crippen LogP contribution in [-0.4, -0.2) is 34.8 Å². The first-order chi connectivity index (χ1) is 19.9. The van der Waals surface area contributed by atoms with Gasteiger partial charge in [0.15, 0.2) is 11.5 Å². The smallest absolute Gasteiger partial charge is 0.298 e. The molecule has 0 saturated heterocycles. The second-order valence-electron chi connectivity index (χ2n) is 10.4. The van der Waals surface area contributed by atoms with Crippen LogP contribution in [0.1, 0.15) is 51.4 Å². The molecule has 3 aromatic heterocycles. The maximum atomic E-state index is 13.9. The Bertz CT molecular complexity index is 1980. The van der Waals surface area contributed by atoms with Crippen LogP contribution in [0.2, 0.25) is 0 Å². The highest BCUT2D eigenvalue weighted by molar-refractivity contribution is 6.12. The molecule has 1 aliphatic heterocycles. The molecule has 0 radical (unpaired) electrons. The van der Waals surface area contributed by atoms with Gasteiger partial charge in [-0.3, -0.25) is 14.4 Å². The van der Waals surface area contributed by atoms with Gasteiger partial charge in [-0.1, -0.05) is 25.1 Å². The number of rotatable bonds is 6. The lowest BCUT2D eigenvalue weighted by Gasteiger charge is -2.17. The van der Waals surface area contributed by atoms with E-state index < -0.39 is 0 Å². The SMILES string of the molecule is CCC1CN(C(=O)c2cc3cc(NC(=O)c4cc5ccccc5o4)ccc3[nH]2)c2cc(OC=O)c3[nH]cc(C)c3c21. The van der Waals surface area contributed by atoms with E-state index in [2.05, 4.69) is 22.2 Å². The minimum atomic E-state index is -0.355. The molecule has 0 fully saturated rings. The number of ether oxygens (including phenoxy) is 1. The maximum Gasteiger partial charge on any atom is 0.298 e. The molecule has 9 heteroatoms. The van der Waals surface area contributed by atoms with Crippen LogP contribution < -0.4 is 15.0 Å². The number of carbonyl (C=O) groups excluding carboxylic acids is 3. The first-order valence-corrected chi connectivity index (χ1v) is 13.4. The van der Waals surface area contributed by atoms with Gasteiger partial charge >= 0.3 is 0 Å². The summed E-state index contributed by atoms with van der Waals surface area (Å²) >= 11 is 0. The van der Waals surface area contributed by atoms with Crippen molar-refractivity contribution in [2.45, 2.75) is 26.2 Å². The Labute approximate surface area is 234 Å². The molecule has 9 nitrogen and oxygen atoms in total. The fourth-order valence-corrected chi connectivity index (χ4v) is 5.94. The molecule has 0 aliphatic carbocycles. The highest BCUT2D eigenvalue weighted by Crippen LogP contribution is 2.47. The van der Waals surface area contributed by atoms with E-state index >= 15 is 0 Å². The number of para-hydroxylation sites is 1. The topological polar surface area (TPSA) is 120 Å². The number of furan rings is 1. The van der Waals surface area contributed by atoms with Crippen molar-refractivity contribution in [3.63, 3.8) is 0 Å². The summed E-state index contributed by atoms with van der Waals surface area (Å²) in [5.41, 5.74) is 6.03. The van der Waals surface area contributed by atoms with E-state index in [-0.39, 0.29) is 23.5 Å². The second kappa shape index (κ2) is 9.41. The maximum absolute atomic E-state index is 13.9. The summed E-state index contributed by atoms with van der Waals surface area (Å²) in [6.45, 7) is 5.03. The van der Waals surface area contributed by atoms with Gasteiger partial charge in [0.1, 0.15) is 11.3 Å². The van der Waals surface area contributed by atoms with E-state index in [1.165, 1.54) is 0 Å². The number of hydrogen-bond acceptors (Lipinski definition) is 5. The zero-order chi connectivity index (χ0) is 28.2. The van der Waals surface area contributed by atoms with Gasteiger partial charge in [-0.05, 0) is 60.9 Å². The third-order valence-electron chi connectivity index (χ3n) is 7.91. The quantitative estimate of drug-likeness (QED) is 0.202. The molecule has 2 amide bonds. The summed E-state index contributed by atoms with van der Waals surface area (Å²) in [6, 6.07) is 18.1. The molecule has 3 N–H and O–H groups in total. The lowest BCUT2D eigenvalue weighted by Crippen LogP contribution is -2.30. The molecule has 6 aromatic rings. The number of amides is 2. The molecule has 1 aliphatic rings. The molecule has 7 rings (SSSR count). The Morgan fingerprint density at radius 2 is 1.98 bits per heavy atom. The predicted molar refractivity (Wildman–Crippen MR) is 157 cm³/mol. The fourth-order valence-electron chi connectivity index (χ4n) is 5.94. The normalized spacial score (nSPS) is 14.6. The van der Waals surface area contributed by atoms with Crippen LogP contribution in [0.25, 0.3) is 32.8 Å². The number of H-pyrrole nitrogens is 2. The Morgan fingerprint density at radius 1 is 1.12 bits per heavy atom. The van der Waals surface area contributed by atoms with Crippen molar-refractivity contribution >= 4 is 62.4 Å². The van der Waals surface area contributed by atoms with Crippen molar-refractivity contribution in [2.75, 3.05) is 16.8 Å². The lowest BCUT2D eigenvalue weighted by atomic mass is 9.93. The zero-order valence-corrected chi connectivity index (χ0v) is 22.4. The van der Waals surface area contributed by atoms with Crippen LogP contribution in [0.3, 0.4) is 0 Å². The van der Waals surface area contributed by atoms with Crippen LogP contribution in [0, 0.1) is 6.92 Å². The van der Waals surface area contributed by atoms with Gasteiger partial charge in [-0.15, -0.1) is 0 Å². The number of hydrogen-bond donors (Lipinski definition) is 3. The van der Waals surface area contributed by atoms with Crippen molar-refractivity contribution in [3.05, 3.63) is 89.4 Å². The average Bonchev–Trinajstić information content (AvgIpc) is 3.76. The van der Waals surface area contributed by atoms with Gasteiger partial charge in [-0.25, -0.2) is 0 Å². The number of benzene rings is 3. The lowest BCUT2D eigenvalue weighted by molar-refractivity contribution is -0.120. The molecular weight excluding hydrogens is 520 g/mol. The molecule has 0 saturated carbocycles. The standard InChI is InChI=1S/C32H26N4O5/c1-3-18-15-36(24-13-26(40-16-37)30-28(29(18)24)17(2)14-33-30)32(39)23-11-20-10-21(8-9-22(20)35-23)34-31(38)27-12-19-6-4-5-7-25(19)41-27/h4-14,16,18,33,35H,3,15H2,1-2H3,(H,34,38). The first-order valence-electron chi connectivity index (χ1n) is 13.4. The monoisotopic (exact) mass is 546 g/mol. The van der Waals surface area contributed by atoms with E-state index in [4.69, 9.17) is 9.15 Å². The van der Waals surface area contributed by atoms with E-state index in [0.29, 0.717) is 35.7 Å². The number of nitrogens with zero attached hydrogens (tertiary/aromatic N) is 1. The minimum absolute atomic E-state index is 0.140. The molecule has 41 heavy (non-hydrogen) atoms. The zero-order valence-electron chi connectivity index (χ0n) is 22.4. The number of carbonyl (C=O) groups is 3. The minimum Gasteiger partial charge on any atom is -0.451 e. The summed E-state index contributed by atoms with van der Waals surface area (Å²) < 4.78 is 11.0. The number of nitrogens with one attached hydrogen (secondary N) is 3. The molecule has 1 unspecified atom stereocenters.